The largest absolute Gasteiger partial charge is 0.456 e. The second kappa shape index (κ2) is 12.1. The summed E-state index contributed by atoms with van der Waals surface area (Å²) in [5.74, 6) is 2.09. The van der Waals surface area contributed by atoms with Crippen molar-refractivity contribution in [3.8, 4) is 56.7 Å². The molecule has 6 heteroatoms. The van der Waals surface area contributed by atoms with Gasteiger partial charge in [0.25, 0.3) is 0 Å². The van der Waals surface area contributed by atoms with Crippen molar-refractivity contribution < 1.29 is 8.83 Å². The van der Waals surface area contributed by atoms with Crippen LogP contribution < -0.4 is 0 Å². The Kier molecular flexibility index (Phi) is 6.75. The molecule has 0 fully saturated rings. The monoisotopic (exact) mass is 692 g/mol. The van der Waals surface area contributed by atoms with Crippen molar-refractivity contribution in [1.82, 2.24) is 19.9 Å². The van der Waals surface area contributed by atoms with Crippen LogP contribution in [0.4, 0.5) is 0 Å². The smallest absolute Gasteiger partial charge is 0.227 e. The number of hydrogen-bond donors (Lipinski definition) is 0. The predicted molar refractivity (Wildman–Crippen MR) is 217 cm³/mol. The average molecular weight is 693 g/mol. The predicted octanol–water partition coefficient (Wildman–Crippen LogP) is 12.6. The van der Waals surface area contributed by atoms with Crippen LogP contribution in [0.25, 0.3) is 111 Å². The van der Waals surface area contributed by atoms with E-state index < -0.39 is 0 Å². The molecule has 0 unspecified atom stereocenters. The highest BCUT2D eigenvalue weighted by Gasteiger charge is 2.25. The van der Waals surface area contributed by atoms with Gasteiger partial charge in [-0.3, -0.25) is 0 Å². The van der Waals surface area contributed by atoms with Crippen molar-refractivity contribution >= 4 is 54.6 Å². The fraction of sp³-hybridized carbons (Fsp3) is 0. The number of hydrogen-bond acceptors (Lipinski definition) is 6. The van der Waals surface area contributed by atoms with Gasteiger partial charge in [-0.1, -0.05) is 127 Å². The van der Waals surface area contributed by atoms with Crippen molar-refractivity contribution in [3.05, 3.63) is 170 Å². The van der Waals surface area contributed by atoms with Gasteiger partial charge in [0.1, 0.15) is 16.7 Å². The van der Waals surface area contributed by atoms with Gasteiger partial charge in [-0.15, -0.1) is 0 Å². The van der Waals surface area contributed by atoms with Crippen LogP contribution in [0, 0.1) is 0 Å². The summed E-state index contributed by atoms with van der Waals surface area (Å²) in [7, 11) is 0. The molecule has 11 aromatic rings. The Morgan fingerprint density at radius 1 is 0.352 bits per heavy atom. The number of furan rings is 1. The van der Waals surface area contributed by atoms with Crippen molar-refractivity contribution in [2.24, 2.45) is 0 Å². The van der Waals surface area contributed by atoms with Gasteiger partial charge in [0.05, 0.1) is 5.56 Å². The summed E-state index contributed by atoms with van der Waals surface area (Å²) in [5.41, 5.74) is 8.14. The number of para-hydroxylation sites is 1. The van der Waals surface area contributed by atoms with Crippen LogP contribution in [-0.2, 0) is 0 Å². The molecule has 6 nitrogen and oxygen atoms in total. The van der Waals surface area contributed by atoms with E-state index in [1.807, 2.05) is 66.7 Å². The molecule has 0 saturated carbocycles. The first-order valence-corrected chi connectivity index (χ1v) is 17.9. The minimum Gasteiger partial charge on any atom is -0.456 e. The number of benzene rings is 8. The van der Waals surface area contributed by atoms with Crippen LogP contribution in [0.3, 0.4) is 0 Å². The lowest BCUT2D eigenvalue weighted by Crippen LogP contribution is -2.02. The van der Waals surface area contributed by atoms with Gasteiger partial charge >= 0.3 is 0 Å². The first-order valence-electron chi connectivity index (χ1n) is 17.9. The molecule has 3 aromatic heterocycles. The quantitative estimate of drug-likeness (QED) is 0.179. The van der Waals surface area contributed by atoms with E-state index in [0.717, 1.165) is 71.3 Å². The van der Waals surface area contributed by atoms with E-state index in [1.165, 1.54) is 0 Å². The van der Waals surface area contributed by atoms with Crippen molar-refractivity contribution in [1.29, 1.82) is 0 Å². The van der Waals surface area contributed by atoms with Crippen LogP contribution in [0.1, 0.15) is 0 Å². The summed E-state index contributed by atoms with van der Waals surface area (Å²) in [6, 6.07) is 57.8. The second-order valence-corrected chi connectivity index (χ2v) is 13.4. The Balaban J connectivity index is 1.26. The van der Waals surface area contributed by atoms with E-state index in [2.05, 4.69) is 103 Å². The summed E-state index contributed by atoms with van der Waals surface area (Å²) in [5, 5.41) is 6.28. The molecule has 0 amide bonds. The molecule has 54 heavy (non-hydrogen) atoms. The number of fused-ring (bicyclic) bond motifs is 6. The van der Waals surface area contributed by atoms with E-state index >= 15 is 0 Å². The highest BCUT2D eigenvalue weighted by atomic mass is 16.4. The molecule has 0 atom stereocenters. The maximum Gasteiger partial charge on any atom is 0.227 e. The van der Waals surface area contributed by atoms with Crippen molar-refractivity contribution in [3.63, 3.8) is 0 Å². The van der Waals surface area contributed by atoms with Gasteiger partial charge in [0.15, 0.2) is 23.1 Å². The maximum absolute atomic E-state index is 6.48. The van der Waals surface area contributed by atoms with E-state index in [4.69, 9.17) is 28.8 Å². The summed E-state index contributed by atoms with van der Waals surface area (Å²) in [6.07, 6.45) is 0. The fourth-order valence-corrected chi connectivity index (χ4v) is 7.54. The summed E-state index contributed by atoms with van der Waals surface area (Å²) < 4.78 is 13.0. The highest BCUT2D eigenvalue weighted by Crippen LogP contribution is 2.43. The van der Waals surface area contributed by atoms with Gasteiger partial charge in [-0.25, -0.2) is 19.9 Å². The molecule has 11 rings (SSSR count). The van der Waals surface area contributed by atoms with Crippen molar-refractivity contribution in [2.75, 3.05) is 0 Å². The third kappa shape index (κ3) is 4.96. The van der Waals surface area contributed by atoms with Crippen LogP contribution in [-0.4, -0.2) is 19.9 Å². The van der Waals surface area contributed by atoms with Crippen LogP contribution in [0.15, 0.2) is 179 Å². The molecule has 0 radical (unpaired) electrons. The maximum atomic E-state index is 6.48. The molecule has 3 heterocycles. The molecule has 0 saturated heterocycles. The normalized spacial score (nSPS) is 11.7. The molecule has 0 N–H and O–H groups in total. The highest BCUT2D eigenvalue weighted by molar-refractivity contribution is 6.18. The van der Waals surface area contributed by atoms with E-state index in [0.29, 0.717) is 40.0 Å². The molecule has 0 bridgehead atoms. The van der Waals surface area contributed by atoms with Crippen LogP contribution in [0.2, 0.25) is 0 Å². The van der Waals surface area contributed by atoms with Crippen LogP contribution >= 0.6 is 0 Å². The number of oxazole rings is 1. The Morgan fingerprint density at radius 2 is 0.963 bits per heavy atom. The average Bonchev–Trinajstić information content (AvgIpc) is 3.84. The minimum absolute atomic E-state index is 0.477. The minimum atomic E-state index is 0.477. The number of rotatable bonds is 5. The van der Waals surface area contributed by atoms with Gasteiger partial charge in [0, 0.05) is 33.5 Å². The SMILES string of the molecule is c1ccc(-c2nc3c(-c4nc(-c5ccc6ccccc6c5)nc(-c5cc6ccccc6cc5-c5ccccc5)n4)c4c(cc3o2)oc2ccccc24)cc1. The lowest BCUT2D eigenvalue weighted by Gasteiger charge is -2.14. The first kappa shape index (κ1) is 30.2. The molecule has 0 aliphatic heterocycles. The fourth-order valence-electron chi connectivity index (χ4n) is 7.54. The number of aromatic nitrogens is 4. The molecule has 0 aliphatic rings. The molecule has 252 valence electrons. The van der Waals surface area contributed by atoms with Gasteiger partial charge < -0.3 is 8.83 Å². The van der Waals surface area contributed by atoms with Gasteiger partial charge in [0.2, 0.25) is 5.89 Å². The zero-order valence-electron chi connectivity index (χ0n) is 28.8. The standard InChI is InChI=1S/C48H28N4O2/c1-3-14-30(15-4-1)37-26-33-19-9-10-20-34(33)27-38(37)46-50-45(35-24-23-29-13-7-8-18-32(29)25-35)51-47(52-46)43-42-36-21-11-12-22-39(36)53-40(42)28-41-44(43)49-48(54-41)31-16-5-2-6-17-31/h1-28H. The molecule has 8 aromatic carbocycles. The second-order valence-electron chi connectivity index (χ2n) is 13.4. The summed E-state index contributed by atoms with van der Waals surface area (Å²) >= 11 is 0. The lowest BCUT2D eigenvalue weighted by atomic mass is 9.95. The molecular weight excluding hydrogens is 665 g/mol. The third-order valence-electron chi connectivity index (χ3n) is 10.1. The van der Waals surface area contributed by atoms with Crippen molar-refractivity contribution in [2.45, 2.75) is 0 Å². The van der Waals surface area contributed by atoms with Gasteiger partial charge in [-0.2, -0.15) is 0 Å². The zero-order valence-corrected chi connectivity index (χ0v) is 28.8. The Hall–Kier alpha value is -7.44. The summed E-state index contributed by atoms with van der Waals surface area (Å²) in [4.78, 5) is 21.1. The van der Waals surface area contributed by atoms with E-state index in [-0.39, 0.29) is 0 Å². The van der Waals surface area contributed by atoms with E-state index in [1.54, 1.807) is 0 Å². The molecule has 0 spiro atoms. The van der Waals surface area contributed by atoms with Gasteiger partial charge in [-0.05, 0) is 69.1 Å². The molecule has 0 aliphatic carbocycles. The summed E-state index contributed by atoms with van der Waals surface area (Å²) in [6.45, 7) is 0. The zero-order chi connectivity index (χ0) is 35.6. The Bertz CT molecular complexity index is 3220. The Labute approximate surface area is 309 Å². The first-order chi connectivity index (χ1) is 26.7. The van der Waals surface area contributed by atoms with Crippen LogP contribution in [0.5, 0.6) is 0 Å². The van der Waals surface area contributed by atoms with E-state index in [9.17, 15) is 0 Å². The lowest BCUT2D eigenvalue weighted by molar-refractivity contribution is 0.617. The Morgan fingerprint density at radius 3 is 1.74 bits per heavy atom. The number of nitrogens with zero attached hydrogens (tertiary/aromatic N) is 4. The topological polar surface area (TPSA) is 77.8 Å². The third-order valence-corrected chi connectivity index (χ3v) is 10.1. The molecular formula is C48H28N4O2.